The van der Waals surface area contributed by atoms with Gasteiger partial charge in [0.25, 0.3) is 0 Å². The number of carbonyl (C=O) groups excluding carboxylic acids is 1. The Morgan fingerprint density at radius 3 is 2.56 bits per heavy atom. The van der Waals surface area contributed by atoms with Crippen molar-refractivity contribution in [1.29, 1.82) is 0 Å². The summed E-state index contributed by atoms with van der Waals surface area (Å²) < 4.78 is 0. The lowest BCUT2D eigenvalue weighted by atomic mass is 10.1. The fraction of sp³-hybridized carbons (Fsp3) is 0.929. The van der Waals surface area contributed by atoms with Gasteiger partial charge in [-0.1, -0.05) is 19.8 Å². The van der Waals surface area contributed by atoms with Gasteiger partial charge in [0.1, 0.15) is 0 Å². The molecule has 2 aliphatic rings. The molecule has 18 heavy (non-hydrogen) atoms. The Bertz CT molecular complexity index is 296. The van der Waals surface area contributed by atoms with Gasteiger partial charge in [-0.05, 0) is 31.6 Å². The summed E-state index contributed by atoms with van der Waals surface area (Å²) in [6.07, 6.45) is 6.34. The molecule has 2 N–H and O–H groups in total. The standard InChI is InChI=1S/C14H26N2O2/c1-10-5-3-7-12(10)15-14(18)16(2)9-11-6-4-8-13(11)17/h10-13,17H,3-9H2,1-2H3,(H,15,18). The average molecular weight is 254 g/mol. The molecule has 0 bridgehead atoms. The van der Waals surface area contributed by atoms with Crippen LogP contribution in [0.4, 0.5) is 4.79 Å². The van der Waals surface area contributed by atoms with Gasteiger partial charge in [-0.15, -0.1) is 0 Å². The van der Waals surface area contributed by atoms with Gasteiger partial charge in [0.2, 0.25) is 0 Å². The highest BCUT2D eigenvalue weighted by molar-refractivity contribution is 5.74. The molecule has 0 aromatic carbocycles. The quantitative estimate of drug-likeness (QED) is 0.809. The molecule has 104 valence electrons. The van der Waals surface area contributed by atoms with Gasteiger partial charge < -0.3 is 15.3 Å². The van der Waals surface area contributed by atoms with E-state index < -0.39 is 0 Å². The van der Waals surface area contributed by atoms with E-state index in [0.29, 0.717) is 18.5 Å². The van der Waals surface area contributed by atoms with Crippen molar-refractivity contribution >= 4 is 6.03 Å². The second-order valence-corrected chi connectivity index (χ2v) is 6.10. The molecule has 0 heterocycles. The number of aliphatic hydroxyl groups is 1. The topological polar surface area (TPSA) is 52.6 Å². The van der Waals surface area contributed by atoms with Crippen molar-refractivity contribution < 1.29 is 9.90 Å². The van der Waals surface area contributed by atoms with Gasteiger partial charge in [0.15, 0.2) is 0 Å². The van der Waals surface area contributed by atoms with Gasteiger partial charge in [-0.3, -0.25) is 0 Å². The molecule has 4 nitrogen and oxygen atoms in total. The Kier molecular flexibility index (Phi) is 4.49. The van der Waals surface area contributed by atoms with Crippen molar-refractivity contribution in [3.05, 3.63) is 0 Å². The third kappa shape index (κ3) is 3.16. The lowest BCUT2D eigenvalue weighted by Gasteiger charge is -2.26. The fourth-order valence-corrected chi connectivity index (χ4v) is 3.29. The molecule has 2 aliphatic carbocycles. The lowest BCUT2D eigenvalue weighted by molar-refractivity contribution is 0.113. The van der Waals surface area contributed by atoms with Crippen LogP contribution in [0, 0.1) is 11.8 Å². The van der Waals surface area contributed by atoms with Crippen LogP contribution in [-0.2, 0) is 0 Å². The highest BCUT2D eigenvalue weighted by Crippen LogP contribution is 2.27. The number of hydrogen-bond acceptors (Lipinski definition) is 2. The third-order valence-electron chi connectivity index (χ3n) is 4.64. The van der Waals surface area contributed by atoms with Gasteiger partial charge in [-0.2, -0.15) is 0 Å². The smallest absolute Gasteiger partial charge is 0.317 e. The van der Waals surface area contributed by atoms with Crippen molar-refractivity contribution in [2.24, 2.45) is 11.8 Å². The highest BCUT2D eigenvalue weighted by atomic mass is 16.3. The first-order chi connectivity index (χ1) is 8.58. The summed E-state index contributed by atoms with van der Waals surface area (Å²) in [4.78, 5) is 13.8. The number of rotatable bonds is 3. The van der Waals surface area contributed by atoms with Crippen LogP contribution in [0.3, 0.4) is 0 Å². The van der Waals surface area contributed by atoms with Crippen molar-refractivity contribution in [2.45, 2.75) is 57.6 Å². The Labute approximate surface area is 110 Å². The van der Waals surface area contributed by atoms with E-state index in [-0.39, 0.29) is 18.1 Å². The maximum atomic E-state index is 12.1. The molecule has 2 fully saturated rings. The Balaban J connectivity index is 1.77. The van der Waals surface area contributed by atoms with Crippen molar-refractivity contribution in [1.82, 2.24) is 10.2 Å². The summed E-state index contributed by atoms with van der Waals surface area (Å²) in [5.74, 6) is 0.862. The van der Waals surface area contributed by atoms with Gasteiger partial charge in [0, 0.05) is 25.6 Å². The van der Waals surface area contributed by atoms with E-state index in [2.05, 4.69) is 12.2 Å². The molecular formula is C14H26N2O2. The van der Waals surface area contributed by atoms with Crippen molar-refractivity contribution in [3.8, 4) is 0 Å². The lowest BCUT2D eigenvalue weighted by Crippen LogP contribution is -2.46. The molecule has 4 unspecified atom stereocenters. The Hall–Kier alpha value is -0.770. The summed E-state index contributed by atoms with van der Waals surface area (Å²) in [5, 5.41) is 12.9. The zero-order valence-electron chi connectivity index (χ0n) is 11.6. The molecule has 2 rings (SSSR count). The number of nitrogens with one attached hydrogen (secondary N) is 1. The molecule has 2 amide bonds. The van der Waals surface area contributed by atoms with Gasteiger partial charge in [-0.25, -0.2) is 4.79 Å². The van der Waals surface area contributed by atoms with Crippen LogP contribution in [0.5, 0.6) is 0 Å². The number of hydrogen-bond donors (Lipinski definition) is 2. The van der Waals surface area contributed by atoms with E-state index >= 15 is 0 Å². The number of urea groups is 1. The first-order valence-electron chi connectivity index (χ1n) is 7.27. The molecule has 0 spiro atoms. The summed E-state index contributed by atoms with van der Waals surface area (Å²) >= 11 is 0. The van der Waals surface area contributed by atoms with Crippen LogP contribution in [0.25, 0.3) is 0 Å². The SMILES string of the molecule is CC1CCCC1NC(=O)N(C)CC1CCCC1O. The van der Waals surface area contributed by atoms with Crippen LogP contribution < -0.4 is 5.32 Å². The summed E-state index contributed by atoms with van der Waals surface area (Å²) in [6, 6.07) is 0.362. The predicted molar refractivity (Wildman–Crippen MR) is 71.3 cm³/mol. The zero-order valence-corrected chi connectivity index (χ0v) is 11.6. The van der Waals surface area contributed by atoms with Crippen molar-refractivity contribution in [2.75, 3.05) is 13.6 Å². The van der Waals surface area contributed by atoms with E-state index in [1.807, 2.05) is 7.05 Å². The number of aliphatic hydroxyl groups excluding tert-OH is 1. The second-order valence-electron chi connectivity index (χ2n) is 6.10. The van der Waals surface area contributed by atoms with E-state index in [9.17, 15) is 9.90 Å². The summed E-state index contributed by atoms with van der Waals surface area (Å²) in [6.45, 7) is 2.88. The molecule has 4 atom stereocenters. The molecule has 2 saturated carbocycles. The molecule has 4 heteroatoms. The number of nitrogens with zero attached hydrogens (tertiary/aromatic N) is 1. The minimum Gasteiger partial charge on any atom is -0.393 e. The van der Waals surface area contributed by atoms with Crippen molar-refractivity contribution in [3.63, 3.8) is 0 Å². The third-order valence-corrected chi connectivity index (χ3v) is 4.64. The first-order valence-corrected chi connectivity index (χ1v) is 7.27. The van der Waals surface area contributed by atoms with E-state index in [4.69, 9.17) is 0 Å². The van der Waals surface area contributed by atoms with Crippen LogP contribution in [-0.4, -0.2) is 41.8 Å². The second kappa shape index (κ2) is 5.91. The summed E-state index contributed by atoms with van der Waals surface area (Å²) in [7, 11) is 1.83. The zero-order chi connectivity index (χ0) is 13.1. The van der Waals surface area contributed by atoms with E-state index in [1.54, 1.807) is 4.90 Å². The highest BCUT2D eigenvalue weighted by Gasteiger charge is 2.29. The maximum Gasteiger partial charge on any atom is 0.317 e. The molecular weight excluding hydrogens is 228 g/mol. The molecule has 0 saturated heterocycles. The fourth-order valence-electron chi connectivity index (χ4n) is 3.29. The molecule has 0 aromatic rings. The minimum atomic E-state index is -0.217. The van der Waals surface area contributed by atoms with Crippen LogP contribution in [0.1, 0.15) is 45.4 Å². The first kappa shape index (κ1) is 13.7. The van der Waals surface area contributed by atoms with Gasteiger partial charge in [0.05, 0.1) is 6.10 Å². The van der Waals surface area contributed by atoms with Gasteiger partial charge >= 0.3 is 6.03 Å². The molecule has 0 aliphatic heterocycles. The largest absolute Gasteiger partial charge is 0.393 e. The summed E-state index contributed by atoms with van der Waals surface area (Å²) in [5.41, 5.74) is 0. The minimum absolute atomic E-state index is 0.0212. The number of amides is 2. The normalized spacial score (nSPS) is 35.7. The molecule has 0 radical (unpaired) electrons. The average Bonchev–Trinajstić information content (AvgIpc) is 2.90. The maximum absolute atomic E-state index is 12.1. The van der Waals surface area contributed by atoms with Crippen LogP contribution in [0.2, 0.25) is 0 Å². The van der Waals surface area contributed by atoms with Crippen LogP contribution >= 0.6 is 0 Å². The van der Waals surface area contributed by atoms with Crippen LogP contribution in [0.15, 0.2) is 0 Å². The monoisotopic (exact) mass is 254 g/mol. The Morgan fingerprint density at radius 2 is 2.00 bits per heavy atom. The Morgan fingerprint density at radius 1 is 1.28 bits per heavy atom. The predicted octanol–water partition coefficient (Wildman–Crippen LogP) is 1.98. The van der Waals surface area contributed by atoms with E-state index in [0.717, 1.165) is 25.7 Å². The molecule has 0 aromatic heterocycles. The van der Waals surface area contributed by atoms with E-state index in [1.165, 1.54) is 12.8 Å². The number of carbonyl (C=O) groups is 1.